The third kappa shape index (κ3) is 4.90. The quantitative estimate of drug-likeness (QED) is 0.397. The number of ether oxygens (including phenoxy) is 2. The summed E-state index contributed by atoms with van der Waals surface area (Å²) >= 11 is 0. The zero-order valence-corrected chi connectivity index (χ0v) is 9.72. The van der Waals surface area contributed by atoms with Crippen molar-refractivity contribution in [1.29, 1.82) is 0 Å². The second kappa shape index (κ2) is 5.68. The first-order valence-electron chi connectivity index (χ1n) is 4.93. The zero-order chi connectivity index (χ0) is 11.2. The summed E-state index contributed by atoms with van der Waals surface area (Å²) in [5.41, 5.74) is -0.164. The van der Waals surface area contributed by atoms with Crippen molar-refractivity contribution >= 4 is 5.97 Å². The summed E-state index contributed by atoms with van der Waals surface area (Å²) in [6, 6.07) is 0. The Labute approximate surface area is 86.1 Å². The molecule has 0 atom stereocenters. The lowest BCUT2D eigenvalue weighted by Crippen LogP contribution is -2.15. The average Bonchev–Trinajstić information content (AvgIpc) is 2.02. The van der Waals surface area contributed by atoms with E-state index >= 15 is 0 Å². The van der Waals surface area contributed by atoms with E-state index in [1.54, 1.807) is 6.92 Å². The van der Waals surface area contributed by atoms with Gasteiger partial charge in [0.2, 0.25) is 0 Å². The van der Waals surface area contributed by atoms with Crippen molar-refractivity contribution in [3.63, 3.8) is 0 Å². The fraction of sp³-hybridized carbons (Fsp3) is 0.727. The van der Waals surface area contributed by atoms with E-state index < -0.39 is 0 Å². The normalized spacial score (nSPS) is 12.5. The van der Waals surface area contributed by atoms with Crippen LogP contribution >= 0.6 is 0 Å². The molecule has 0 aliphatic rings. The van der Waals surface area contributed by atoms with E-state index in [2.05, 4.69) is 0 Å². The van der Waals surface area contributed by atoms with Crippen molar-refractivity contribution in [2.75, 3.05) is 13.2 Å². The Morgan fingerprint density at radius 3 is 2.00 bits per heavy atom. The molecule has 0 bridgehead atoms. The molecule has 0 heterocycles. The Hall–Kier alpha value is -0.990. The van der Waals surface area contributed by atoms with Crippen LogP contribution in [0.5, 0.6) is 0 Å². The number of esters is 1. The van der Waals surface area contributed by atoms with Gasteiger partial charge in [0.15, 0.2) is 0 Å². The van der Waals surface area contributed by atoms with Gasteiger partial charge in [0.05, 0.1) is 19.3 Å². The van der Waals surface area contributed by atoms with Crippen LogP contribution in [0.1, 0.15) is 34.6 Å². The highest BCUT2D eigenvalue weighted by Crippen LogP contribution is 2.25. The van der Waals surface area contributed by atoms with Crippen molar-refractivity contribution in [2.45, 2.75) is 34.6 Å². The molecule has 0 aromatic carbocycles. The first kappa shape index (κ1) is 13.0. The Bertz CT molecular complexity index is 211. The molecule has 0 aromatic heterocycles. The van der Waals surface area contributed by atoms with Crippen LogP contribution in [0.2, 0.25) is 0 Å². The summed E-state index contributed by atoms with van der Waals surface area (Å²) in [5.74, 6) is 0.323. The Morgan fingerprint density at radius 2 is 1.64 bits per heavy atom. The van der Waals surface area contributed by atoms with Crippen molar-refractivity contribution in [1.82, 2.24) is 0 Å². The fourth-order valence-electron chi connectivity index (χ4n) is 0.921. The fourth-order valence-corrected chi connectivity index (χ4v) is 0.921. The van der Waals surface area contributed by atoms with Crippen LogP contribution in [0, 0.1) is 5.41 Å². The first-order chi connectivity index (χ1) is 6.41. The molecule has 14 heavy (non-hydrogen) atoms. The van der Waals surface area contributed by atoms with E-state index in [0.29, 0.717) is 19.0 Å². The third-order valence-corrected chi connectivity index (χ3v) is 1.57. The summed E-state index contributed by atoms with van der Waals surface area (Å²) in [6.07, 6.45) is 1.42. The number of hydrogen-bond donors (Lipinski definition) is 0. The Kier molecular flexibility index (Phi) is 5.28. The van der Waals surface area contributed by atoms with Crippen molar-refractivity contribution in [3.8, 4) is 0 Å². The molecule has 0 unspecified atom stereocenters. The van der Waals surface area contributed by atoms with Gasteiger partial charge in [-0.2, -0.15) is 0 Å². The maximum atomic E-state index is 11.2. The van der Waals surface area contributed by atoms with Crippen LogP contribution in [0.25, 0.3) is 0 Å². The molecule has 0 amide bonds. The van der Waals surface area contributed by atoms with E-state index in [1.165, 1.54) is 6.08 Å². The van der Waals surface area contributed by atoms with E-state index in [0.717, 1.165) is 0 Å². The van der Waals surface area contributed by atoms with Gasteiger partial charge >= 0.3 is 5.97 Å². The van der Waals surface area contributed by atoms with Crippen molar-refractivity contribution in [3.05, 3.63) is 11.8 Å². The number of carbonyl (C=O) groups excluding carboxylic acids is 1. The van der Waals surface area contributed by atoms with Crippen LogP contribution < -0.4 is 0 Å². The summed E-state index contributed by atoms with van der Waals surface area (Å²) in [6.45, 7) is 10.6. The molecule has 0 spiro atoms. The number of allylic oxidation sites excluding steroid dienone is 1. The van der Waals surface area contributed by atoms with Crippen LogP contribution in [-0.2, 0) is 14.3 Å². The van der Waals surface area contributed by atoms with Gasteiger partial charge < -0.3 is 9.47 Å². The molecule has 0 aliphatic carbocycles. The van der Waals surface area contributed by atoms with Gasteiger partial charge in [-0.05, 0) is 13.8 Å². The molecule has 0 radical (unpaired) electrons. The highest BCUT2D eigenvalue weighted by Gasteiger charge is 2.19. The van der Waals surface area contributed by atoms with Crippen LogP contribution in [0.4, 0.5) is 0 Å². The molecule has 0 saturated carbocycles. The number of carbonyl (C=O) groups is 1. The molecule has 0 aliphatic heterocycles. The molecule has 82 valence electrons. The maximum absolute atomic E-state index is 11.2. The van der Waals surface area contributed by atoms with Crippen LogP contribution in [0.3, 0.4) is 0 Å². The lowest BCUT2D eigenvalue weighted by Gasteiger charge is -2.22. The van der Waals surface area contributed by atoms with Crippen molar-refractivity contribution < 1.29 is 14.3 Å². The Balaban J connectivity index is 4.56. The molecule has 0 aromatic rings. The van der Waals surface area contributed by atoms with Gasteiger partial charge in [-0.15, -0.1) is 0 Å². The number of rotatable bonds is 4. The third-order valence-electron chi connectivity index (χ3n) is 1.57. The summed E-state index contributed by atoms with van der Waals surface area (Å²) in [5, 5.41) is 0. The van der Waals surface area contributed by atoms with Crippen molar-refractivity contribution in [2.24, 2.45) is 5.41 Å². The largest absolute Gasteiger partial charge is 0.497 e. The van der Waals surface area contributed by atoms with E-state index in [-0.39, 0.29) is 11.4 Å². The minimum atomic E-state index is -0.342. The molecule has 0 N–H and O–H groups in total. The topological polar surface area (TPSA) is 35.5 Å². The molecular formula is C11H20O3. The SMILES string of the molecule is CCOC(=O)C=C(OCC)C(C)(C)C. The van der Waals surface area contributed by atoms with Gasteiger partial charge in [-0.3, -0.25) is 0 Å². The predicted molar refractivity (Wildman–Crippen MR) is 55.8 cm³/mol. The zero-order valence-electron chi connectivity index (χ0n) is 9.72. The monoisotopic (exact) mass is 200 g/mol. The predicted octanol–water partition coefficient (Wildman–Crippen LogP) is 2.52. The average molecular weight is 200 g/mol. The van der Waals surface area contributed by atoms with E-state index in [9.17, 15) is 4.79 Å². The highest BCUT2D eigenvalue weighted by molar-refractivity contribution is 5.82. The highest BCUT2D eigenvalue weighted by atomic mass is 16.5. The van der Waals surface area contributed by atoms with Gasteiger partial charge in [0, 0.05) is 5.41 Å². The summed E-state index contributed by atoms with van der Waals surface area (Å²) in [7, 11) is 0. The van der Waals surface area contributed by atoms with Gasteiger partial charge in [-0.1, -0.05) is 20.8 Å². The molecule has 0 fully saturated rings. The second-order valence-corrected chi connectivity index (χ2v) is 3.94. The van der Waals surface area contributed by atoms with Gasteiger partial charge in [0.1, 0.15) is 5.76 Å². The smallest absolute Gasteiger partial charge is 0.334 e. The molecule has 3 nitrogen and oxygen atoms in total. The standard InChI is InChI=1S/C11H20O3/c1-6-13-9(11(3,4)5)8-10(12)14-7-2/h8H,6-7H2,1-5H3. The molecule has 0 saturated heterocycles. The van der Waals surface area contributed by atoms with Crippen LogP contribution in [0.15, 0.2) is 11.8 Å². The summed E-state index contributed by atoms with van der Waals surface area (Å²) < 4.78 is 10.2. The van der Waals surface area contributed by atoms with Gasteiger partial charge in [-0.25, -0.2) is 4.79 Å². The summed E-state index contributed by atoms with van der Waals surface area (Å²) in [4.78, 5) is 11.2. The van der Waals surface area contributed by atoms with Crippen LogP contribution in [-0.4, -0.2) is 19.2 Å². The number of hydrogen-bond acceptors (Lipinski definition) is 3. The minimum absolute atomic E-state index is 0.164. The molecular weight excluding hydrogens is 180 g/mol. The lowest BCUT2D eigenvalue weighted by molar-refractivity contribution is -0.137. The maximum Gasteiger partial charge on any atom is 0.334 e. The van der Waals surface area contributed by atoms with E-state index in [4.69, 9.17) is 9.47 Å². The Morgan fingerprint density at radius 1 is 1.14 bits per heavy atom. The second-order valence-electron chi connectivity index (χ2n) is 3.94. The lowest BCUT2D eigenvalue weighted by atomic mass is 9.93. The van der Waals surface area contributed by atoms with Gasteiger partial charge in [0.25, 0.3) is 0 Å². The molecule has 0 rings (SSSR count). The molecule has 3 heteroatoms. The first-order valence-corrected chi connectivity index (χ1v) is 4.93. The minimum Gasteiger partial charge on any atom is -0.497 e. The van der Waals surface area contributed by atoms with E-state index in [1.807, 2.05) is 27.7 Å².